The van der Waals surface area contributed by atoms with Crippen molar-refractivity contribution in [3.63, 3.8) is 0 Å². The molecule has 1 aromatic heterocycles. The second-order valence-electron chi connectivity index (χ2n) is 5.49. The molecular formula is C14H19Cl2N3. The minimum atomic E-state index is 0.395. The number of halogens is 2. The summed E-state index contributed by atoms with van der Waals surface area (Å²) in [4.78, 5) is 6.74. The highest BCUT2D eigenvalue weighted by Gasteiger charge is 2.31. The number of pyridine rings is 1. The van der Waals surface area contributed by atoms with Gasteiger partial charge in [-0.3, -0.25) is 4.90 Å². The molecule has 0 spiro atoms. The highest BCUT2D eigenvalue weighted by atomic mass is 35.5. The maximum atomic E-state index is 6.31. The Labute approximate surface area is 124 Å². The highest BCUT2D eigenvalue weighted by molar-refractivity contribution is 6.32. The van der Waals surface area contributed by atoms with Crippen LogP contribution < -0.4 is 5.32 Å². The summed E-state index contributed by atoms with van der Waals surface area (Å²) in [6.45, 7) is 4.27. The molecule has 2 aliphatic rings. The van der Waals surface area contributed by atoms with Crippen molar-refractivity contribution in [3.8, 4) is 0 Å². The third-order valence-electron chi connectivity index (χ3n) is 4.05. The normalized spacial score (nSPS) is 22.4. The van der Waals surface area contributed by atoms with Crippen LogP contribution in [0.4, 0.5) is 0 Å². The van der Waals surface area contributed by atoms with Gasteiger partial charge in [-0.1, -0.05) is 42.1 Å². The summed E-state index contributed by atoms with van der Waals surface area (Å²) in [6.07, 6.45) is 3.92. The molecule has 1 N–H and O–H groups in total. The molecular weight excluding hydrogens is 281 g/mol. The maximum Gasteiger partial charge on any atom is 0.135 e. The lowest BCUT2D eigenvalue weighted by molar-refractivity contribution is 0.160. The summed E-state index contributed by atoms with van der Waals surface area (Å²) in [7, 11) is 0. The van der Waals surface area contributed by atoms with E-state index in [0.29, 0.717) is 16.3 Å². The minimum Gasteiger partial charge on any atom is -0.314 e. The minimum absolute atomic E-state index is 0.395. The van der Waals surface area contributed by atoms with E-state index in [-0.39, 0.29) is 0 Å². The van der Waals surface area contributed by atoms with Crippen LogP contribution in [0, 0.1) is 5.92 Å². The summed E-state index contributed by atoms with van der Waals surface area (Å²) >= 11 is 12.2. The van der Waals surface area contributed by atoms with Crippen LogP contribution in [0.25, 0.3) is 0 Å². The Balaban J connectivity index is 1.83. The molecule has 3 rings (SSSR count). The van der Waals surface area contributed by atoms with Crippen LogP contribution in [0.5, 0.6) is 0 Å². The standard InChI is InChI=1S/C14H19Cl2N3/c15-13-4-3-11(14(16)18-13)12(9-10-1-2-10)19-7-5-17-6-8-19/h3-4,10,12,17H,1-2,5-9H2/t12-/m0/s1. The van der Waals surface area contributed by atoms with Crippen LogP contribution in [-0.2, 0) is 0 Å². The van der Waals surface area contributed by atoms with Crippen molar-refractivity contribution in [3.05, 3.63) is 28.0 Å². The fourth-order valence-corrected chi connectivity index (χ4v) is 3.28. The number of nitrogens with zero attached hydrogens (tertiary/aromatic N) is 2. The van der Waals surface area contributed by atoms with E-state index in [1.807, 2.05) is 12.1 Å². The molecule has 0 amide bonds. The van der Waals surface area contributed by atoms with Gasteiger partial charge >= 0.3 is 0 Å². The molecule has 2 fully saturated rings. The molecule has 1 aliphatic carbocycles. The SMILES string of the molecule is Clc1ccc([C@H](CC2CC2)N2CCNCC2)c(Cl)n1. The van der Waals surface area contributed by atoms with Crippen LogP contribution in [0.1, 0.15) is 30.9 Å². The number of aromatic nitrogens is 1. The number of piperazine rings is 1. The first-order valence-electron chi connectivity index (χ1n) is 7.01. The highest BCUT2D eigenvalue weighted by Crippen LogP contribution is 2.41. The Bertz CT molecular complexity index is 442. The monoisotopic (exact) mass is 299 g/mol. The van der Waals surface area contributed by atoms with E-state index in [1.165, 1.54) is 19.3 Å². The first-order valence-corrected chi connectivity index (χ1v) is 7.76. The Morgan fingerprint density at radius 1 is 1.26 bits per heavy atom. The van der Waals surface area contributed by atoms with Gasteiger partial charge in [-0.2, -0.15) is 0 Å². The zero-order chi connectivity index (χ0) is 13.2. The van der Waals surface area contributed by atoms with E-state index in [1.54, 1.807) is 0 Å². The number of rotatable bonds is 4. The van der Waals surface area contributed by atoms with Crippen molar-refractivity contribution in [2.45, 2.75) is 25.3 Å². The van der Waals surface area contributed by atoms with Crippen molar-refractivity contribution < 1.29 is 0 Å². The van der Waals surface area contributed by atoms with Gasteiger partial charge in [0.05, 0.1) is 0 Å². The van der Waals surface area contributed by atoms with Crippen LogP contribution in [0.2, 0.25) is 10.3 Å². The predicted molar refractivity (Wildman–Crippen MR) is 78.8 cm³/mol. The van der Waals surface area contributed by atoms with E-state index >= 15 is 0 Å². The summed E-state index contributed by atoms with van der Waals surface area (Å²) in [5.41, 5.74) is 1.14. The molecule has 0 aromatic carbocycles. The van der Waals surface area contributed by atoms with E-state index in [2.05, 4.69) is 15.2 Å². The summed E-state index contributed by atoms with van der Waals surface area (Å²) in [5.74, 6) is 0.867. The summed E-state index contributed by atoms with van der Waals surface area (Å²) < 4.78 is 0. The van der Waals surface area contributed by atoms with Gasteiger partial charge in [0, 0.05) is 37.8 Å². The molecule has 1 saturated carbocycles. The van der Waals surface area contributed by atoms with E-state index in [9.17, 15) is 0 Å². The first-order chi connectivity index (χ1) is 9.24. The Morgan fingerprint density at radius 3 is 2.63 bits per heavy atom. The van der Waals surface area contributed by atoms with Gasteiger partial charge < -0.3 is 5.32 Å². The van der Waals surface area contributed by atoms with Gasteiger partial charge in [-0.05, 0) is 18.4 Å². The average Bonchev–Trinajstić information content (AvgIpc) is 3.22. The topological polar surface area (TPSA) is 28.2 Å². The van der Waals surface area contributed by atoms with Gasteiger partial charge in [0.2, 0.25) is 0 Å². The van der Waals surface area contributed by atoms with Crippen molar-refractivity contribution in [2.75, 3.05) is 26.2 Å². The third-order valence-corrected chi connectivity index (χ3v) is 4.56. The lowest BCUT2D eigenvalue weighted by Crippen LogP contribution is -2.45. The third kappa shape index (κ3) is 3.40. The van der Waals surface area contributed by atoms with Crippen LogP contribution in [0.15, 0.2) is 12.1 Å². The Morgan fingerprint density at radius 2 is 2.00 bits per heavy atom. The average molecular weight is 300 g/mol. The maximum absolute atomic E-state index is 6.31. The largest absolute Gasteiger partial charge is 0.314 e. The van der Waals surface area contributed by atoms with Crippen molar-refractivity contribution >= 4 is 23.2 Å². The molecule has 1 saturated heterocycles. The second-order valence-corrected chi connectivity index (χ2v) is 6.24. The second kappa shape index (κ2) is 5.96. The van der Waals surface area contributed by atoms with Crippen LogP contribution >= 0.6 is 23.2 Å². The lowest BCUT2D eigenvalue weighted by atomic mass is 10.0. The molecule has 2 heterocycles. The molecule has 104 valence electrons. The fourth-order valence-electron chi connectivity index (χ4n) is 2.81. The zero-order valence-electron chi connectivity index (χ0n) is 10.9. The first kappa shape index (κ1) is 13.6. The Kier molecular flexibility index (Phi) is 4.27. The molecule has 1 atom stereocenters. The van der Waals surface area contributed by atoms with Gasteiger partial charge in [0.25, 0.3) is 0 Å². The Hall–Kier alpha value is -0.350. The van der Waals surface area contributed by atoms with Gasteiger partial charge in [0.15, 0.2) is 0 Å². The number of hydrogen-bond acceptors (Lipinski definition) is 3. The number of nitrogens with one attached hydrogen (secondary N) is 1. The van der Waals surface area contributed by atoms with Crippen molar-refractivity contribution in [1.29, 1.82) is 0 Å². The molecule has 0 radical (unpaired) electrons. The van der Waals surface area contributed by atoms with E-state index < -0.39 is 0 Å². The fraction of sp³-hybridized carbons (Fsp3) is 0.643. The quantitative estimate of drug-likeness (QED) is 0.866. The molecule has 0 bridgehead atoms. The molecule has 5 heteroatoms. The van der Waals surface area contributed by atoms with Gasteiger partial charge in [-0.25, -0.2) is 4.98 Å². The van der Waals surface area contributed by atoms with E-state index in [4.69, 9.17) is 23.2 Å². The predicted octanol–water partition coefficient (Wildman–Crippen LogP) is 3.13. The lowest BCUT2D eigenvalue weighted by Gasteiger charge is -2.35. The molecule has 1 aromatic rings. The van der Waals surface area contributed by atoms with E-state index in [0.717, 1.165) is 37.7 Å². The summed E-state index contributed by atoms with van der Waals surface area (Å²) in [5, 5.41) is 4.44. The van der Waals surface area contributed by atoms with Gasteiger partial charge in [0.1, 0.15) is 10.3 Å². The number of hydrogen-bond donors (Lipinski definition) is 1. The molecule has 19 heavy (non-hydrogen) atoms. The van der Waals surface area contributed by atoms with Crippen molar-refractivity contribution in [2.24, 2.45) is 5.92 Å². The molecule has 0 unspecified atom stereocenters. The smallest absolute Gasteiger partial charge is 0.135 e. The summed E-state index contributed by atoms with van der Waals surface area (Å²) in [6, 6.07) is 4.30. The van der Waals surface area contributed by atoms with Crippen LogP contribution in [-0.4, -0.2) is 36.1 Å². The van der Waals surface area contributed by atoms with Crippen LogP contribution in [0.3, 0.4) is 0 Å². The zero-order valence-corrected chi connectivity index (χ0v) is 12.4. The molecule has 3 nitrogen and oxygen atoms in total. The molecule has 1 aliphatic heterocycles. The van der Waals surface area contributed by atoms with Gasteiger partial charge in [-0.15, -0.1) is 0 Å². The van der Waals surface area contributed by atoms with Crippen molar-refractivity contribution in [1.82, 2.24) is 15.2 Å².